The number of rotatable bonds is 1. The van der Waals surface area contributed by atoms with Gasteiger partial charge in [-0.2, -0.15) is 0 Å². The van der Waals surface area contributed by atoms with Gasteiger partial charge in [0.25, 0.3) is 0 Å². The Morgan fingerprint density at radius 3 is 2.33 bits per heavy atom. The van der Waals surface area contributed by atoms with Crippen molar-refractivity contribution >= 4 is 5.78 Å². The Labute approximate surface area is 56.4 Å². The molecule has 0 radical (unpaired) electrons. The lowest BCUT2D eigenvalue weighted by Crippen LogP contribution is -2.12. The zero-order valence-corrected chi connectivity index (χ0v) is 6.18. The van der Waals surface area contributed by atoms with Gasteiger partial charge in [0.1, 0.15) is 5.78 Å². The first kappa shape index (κ1) is 6.79. The molecule has 0 amide bonds. The molecule has 1 heteroatoms. The molecule has 1 rings (SSSR count). The number of hydrogen-bond donors (Lipinski definition) is 0. The summed E-state index contributed by atoms with van der Waals surface area (Å²) in [5, 5.41) is 0. The lowest BCUT2D eigenvalue weighted by atomic mass is 9.95. The second kappa shape index (κ2) is 2.51. The van der Waals surface area contributed by atoms with Gasteiger partial charge in [0.2, 0.25) is 0 Å². The minimum absolute atomic E-state index is 0.389. The minimum atomic E-state index is 0.389. The zero-order valence-electron chi connectivity index (χ0n) is 6.18. The van der Waals surface area contributed by atoms with E-state index in [0.717, 1.165) is 6.42 Å². The van der Waals surface area contributed by atoms with Crippen molar-refractivity contribution in [3.63, 3.8) is 0 Å². The Kier molecular flexibility index (Phi) is 1.89. The van der Waals surface area contributed by atoms with Crippen LogP contribution in [0.4, 0.5) is 0 Å². The van der Waals surface area contributed by atoms with E-state index in [4.69, 9.17) is 0 Å². The quantitative estimate of drug-likeness (QED) is 0.525. The molecule has 0 spiro atoms. The zero-order chi connectivity index (χ0) is 6.85. The molecule has 1 aliphatic carbocycles. The van der Waals surface area contributed by atoms with Crippen molar-refractivity contribution in [1.29, 1.82) is 0 Å². The van der Waals surface area contributed by atoms with Crippen molar-refractivity contribution in [3.8, 4) is 0 Å². The summed E-state index contributed by atoms with van der Waals surface area (Å²) in [7, 11) is 0. The van der Waals surface area contributed by atoms with E-state index in [1.807, 2.05) is 0 Å². The van der Waals surface area contributed by atoms with Gasteiger partial charge in [-0.15, -0.1) is 0 Å². The van der Waals surface area contributed by atoms with Crippen LogP contribution in [0.25, 0.3) is 0 Å². The summed E-state index contributed by atoms with van der Waals surface area (Å²) in [5.41, 5.74) is 0. The summed E-state index contributed by atoms with van der Waals surface area (Å²) < 4.78 is 0. The van der Waals surface area contributed by atoms with Gasteiger partial charge in [0.15, 0.2) is 0 Å². The van der Waals surface area contributed by atoms with E-state index in [0.29, 0.717) is 17.6 Å². The molecule has 2 atom stereocenters. The van der Waals surface area contributed by atoms with E-state index in [1.165, 1.54) is 12.8 Å². The second-order valence-electron chi connectivity index (χ2n) is 3.13. The molecule has 1 fully saturated rings. The molecule has 0 saturated heterocycles. The summed E-state index contributed by atoms with van der Waals surface area (Å²) in [6.45, 7) is 3.89. The Balaban J connectivity index is 2.49. The van der Waals surface area contributed by atoms with Crippen LogP contribution in [0.2, 0.25) is 0 Å². The van der Waals surface area contributed by atoms with Crippen molar-refractivity contribution < 1.29 is 4.79 Å². The third-order valence-corrected chi connectivity index (χ3v) is 2.38. The normalized spacial score (nSPS) is 34.9. The second-order valence-corrected chi connectivity index (χ2v) is 3.13. The first-order valence-electron chi connectivity index (χ1n) is 3.72. The topological polar surface area (TPSA) is 17.1 Å². The molecule has 0 aromatic carbocycles. The van der Waals surface area contributed by atoms with E-state index in [-0.39, 0.29) is 0 Å². The molecule has 0 heterocycles. The highest BCUT2D eigenvalue weighted by Crippen LogP contribution is 2.31. The maximum Gasteiger partial charge on any atom is 0.133 e. The first-order valence-corrected chi connectivity index (χ1v) is 3.72. The molecule has 0 aromatic heterocycles. The van der Waals surface area contributed by atoms with Crippen LogP contribution in [0.5, 0.6) is 0 Å². The van der Waals surface area contributed by atoms with Crippen molar-refractivity contribution in [1.82, 2.24) is 0 Å². The Morgan fingerprint density at radius 2 is 2.11 bits per heavy atom. The van der Waals surface area contributed by atoms with Gasteiger partial charge < -0.3 is 0 Å². The Bertz CT molecular complexity index is 118. The lowest BCUT2D eigenvalue weighted by molar-refractivity contribution is -0.121. The maximum absolute atomic E-state index is 10.9. The predicted octanol–water partition coefficient (Wildman–Crippen LogP) is 2.01. The van der Waals surface area contributed by atoms with E-state index in [9.17, 15) is 4.79 Å². The lowest BCUT2D eigenvalue weighted by Gasteiger charge is -2.09. The van der Waals surface area contributed by atoms with Crippen molar-refractivity contribution in [2.45, 2.75) is 33.1 Å². The van der Waals surface area contributed by atoms with Crippen LogP contribution >= 0.6 is 0 Å². The molecule has 0 aliphatic heterocycles. The van der Waals surface area contributed by atoms with Crippen LogP contribution in [0.15, 0.2) is 0 Å². The number of Topliss-reactive ketones (excluding diaryl/α,β-unsaturated/α-hetero) is 1. The summed E-state index contributed by atoms with van der Waals surface area (Å²) in [5.74, 6) is 1.44. The molecular weight excluding hydrogens is 112 g/mol. The molecule has 0 aromatic rings. The van der Waals surface area contributed by atoms with Crippen LogP contribution in [0.3, 0.4) is 0 Å². The highest BCUT2D eigenvalue weighted by molar-refractivity contribution is 5.78. The fraction of sp³-hybridized carbons (Fsp3) is 0.875. The largest absolute Gasteiger partial charge is 0.300 e. The summed E-state index contributed by atoms with van der Waals surface area (Å²) in [6.07, 6.45) is 3.64. The van der Waals surface area contributed by atoms with Gasteiger partial charge in [0.05, 0.1) is 0 Å². The van der Waals surface area contributed by atoms with E-state index >= 15 is 0 Å². The fourth-order valence-electron chi connectivity index (χ4n) is 1.75. The fourth-order valence-corrected chi connectivity index (χ4v) is 1.75. The highest BCUT2D eigenvalue weighted by Gasteiger charge is 2.26. The van der Waals surface area contributed by atoms with Crippen molar-refractivity contribution in [2.24, 2.45) is 11.8 Å². The molecule has 1 saturated carbocycles. The van der Waals surface area contributed by atoms with Crippen LogP contribution < -0.4 is 0 Å². The monoisotopic (exact) mass is 126 g/mol. The van der Waals surface area contributed by atoms with Gasteiger partial charge in [0, 0.05) is 5.92 Å². The van der Waals surface area contributed by atoms with Crippen LogP contribution in [-0.2, 0) is 4.79 Å². The van der Waals surface area contributed by atoms with Gasteiger partial charge >= 0.3 is 0 Å². The van der Waals surface area contributed by atoms with Crippen LogP contribution in [0, 0.1) is 11.8 Å². The first-order chi connectivity index (χ1) is 4.22. The molecule has 1 aliphatic rings. The average Bonchev–Trinajstić information content (AvgIpc) is 2.13. The third kappa shape index (κ3) is 1.32. The molecular formula is C8H14O. The van der Waals surface area contributed by atoms with Crippen molar-refractivity contribution in [2.75, 3.05) is 0 Å². The van der Waals surface area contributed by atoms with Gasteiger partial charge in [-0.05, 0) is 25.7 Å². The summed E-state index contributed by atoms with van der Waals surface area (Å²) in [6, 6.07) is 0. The minimum Gasteiger partial charge on any atom is -0.300 e. The van der Waals surface area contributed by atoms with Gasteiger partial charge in [-0.3, -0.25) is 4.79 Å². The highest BCUT2D eigenvalue weighted by atomic mass is 16.1. The van der Waals surface area contributed by atoms with Crippen molar-refractivity contribution in [3.05, 3.63) is 0 Å². The number of ketones is 1. The SMILES string of the molecule is CC(=O)C1CCCC1C. The van der Waals surface area contributed by atoms with Crippen LogP contribution in [-0.4, -0.2) is 5.78 Å². The van der Waals surface area contributed by atoms with Gasteiger partial charge in [-0.25, -0.2) is 0 Å². The third-order valence-electron chi connectivity index (χ3n) is 2.38. The summed E-state index contributed by atoms with van der Waals surface area (Å²) >= 11 is 0. The standard InChI is InChI=1S/C8H14O/c1-6-4-3-5-8(6)7(2)9/h6,8H,3-5H2,1-2H3. The summed E-state index contributed by atoms with van der Waals surface area (Å²) in [4.78, 5) is 10.9. The van der Waals surface area contributed by atoms with E-state index < -0.39 is 0 Å². The smallest absolute Gasteiger partial charge is 0.133 e. The van der Waals surface area contributed by atoms with E-state index in [2.05, 4.69) is 6.92 Å². The maximum atomic E-state index is 10.9. The molecule has 0 bridgehead atoms. The number of carbonyl (C=O) groups is 1. The number of carbonyl (C=O) groups excluding carboxylic acids is 1. The molecule has 2 unspecified atom stereocenters. The Morgan fingerprint density at radius 1 is 1.44 bits per heavy atom. The number of hydrogen-bond acceptors (Lipinski definition) is 1. The average molecular weight is 126 g/mol. The molecule has 52 valence electrons. The molecule has 0 N–H and O–H groups in total. The van der Waals surface area contributed by atoms with Crippen LogP contribution in [0.1, 0.15) is 33.1 Å². The Hall–Kier alpha value is -0.330. The molecule has 1 nitrogen and oxygen atoms in total. The predicted molar refractivity (Wildman–Crippen MR) is 37.2 cm³/mol. The van der Waals surface area contributed by atoms with E-state index in [1.54, 1.807) is 6.92 Å². The molecule has 9 heavy (non-hydrogen) atoms. The van der Waals surface area contributed by atoms with Gasteiger partial charge in [-0.1, -0.05) is 13.3 Å².